The van der Waals surface area contributed by atoms with Crippen LogP contribution in [0, 0.1) is 11.3 Å². The molecular formula is C14H10N2O3S. The molecule has 0 radical (unpaired) electrons. The Morgan fingerprint density at radius 3 is 2.95 bits per heavy atom. The standard InChI is InChI=1S/C14H10N2O3S/c1-8(17)10(5-15)14-16-11(6-20-14)9-2-3-12-13(4-9)19-7-18-12/h2-4,6,17H,7H2,1H3. The molecule has 1 aliphatic rings. The summed E-state index contributed by atoms with van der Waals surface area (Å²) in [5.41, 5.74) is 1.81. The number of aliphatic hydroxyl groups excluding tert-OH is 1. The number of rotatable bonds is 2. The van der Waals surface area contributed by atoms with Crippen molar-refractivity contribution < 1.29 is 14.6 Å². The monoisotopic (exact) mass is 286 g/mol. The van der Waals surface area contributed by atoms with Crippen LogP contribution in [0.5, 0.6) is 11.5 Å². The van der Waals surface area contributed by atoms with E-state index in [1.165, 1.54) is 18.3 Å². The lowest BCUT2D eigenvalue weighted by Crippen LogP contribution is -1.92. The van der Waals surface area contributed by atoms with Crippen molar-refractivity contribution in [1.29, 1.82) is 5.26 Å². The molecule has 0 saturated heterocycles. The first-order valence-electron chi connectivity index (χ1n) is 5.85. The van der Waals surface area contributed by atoms with Gasteiger partial charge < -0.3 is 14.6 Å². The summed E-state index contributed by atoms with van der Waals surface area (Å²) >= 11 is 1.32. The van der Waals surface area contributed by atoms with Gasteiger partial charge in [-0.05, 0) is 25.1 Å². The quantitative estimate of drug-likeness (QED) is 0.676. The second kappa shape index (κ2) is 4.87. The summed E-state index contributed by atoms with van der Waals surface area (Å²) in [4.78, 5) is 4.38. The van der Waals surface area contributed by atoms with Gasteiger partial charge in [0.15, 0.2) is 11.5 Å². The van der Waals surface area contributed by atoms with Crippen LogP contribution in [0.1, 0.15) is 11.9 Å². The lowest BCUT2D eigenvalue weighted by molar-refractivity contribution is 0.174. The fourth-order valence-electron chi connectivity index (χ4n) is 1.86. The van der Waals surface area contributed by atoms with E-state index >= 15 is 0 Å². The second-order valence-corrected chi connectivity index (χ2v) is 5.04. The number of allylic oxidation sites excluding steroid dienone is 2. The summed E-state index contributed by atoms with van der Waals surface area (Å²) < 4.78 is 10.6. The molecule has 0 bridgehead atoms. The molecule has 1 aromatic carbocycles. The summed E-state index contributed by atoms with van der Waals surface area (Å²) in [7, 11) is 0. The van der Waals surface area contributed by atoms with Crippen LogP contribution in [0.15, 0.2) is 29.3 Å². The predicted molar refractivity (Wildman–Crippen MR) is 74.5 cm³/mol. The molecule has 20 heavy (non-hydrogen) atoms. The number of aromatic nitrogens is 1. The van der Waals surface area contributed by atoms with Gasteiger partial charge in [-0.15, -0.1) is 11.3 Å². The first kappa shape index (κ1) is 12.5. The molecule has 0 amide bonds. The van der Waals surface area contributed by atoms with Gasteiger partial charge in [-0.2, -0.15) is 5.26 Å². The van der Waals surface area contributed by atoms with Crippen molar-refractivity contribution in [3.8, 4) is 28.8 Å². The highest BCUT2D eigenvalue weighted by atomic mass is 32.1. The van der Waals surface area contributed by atoms with Crippen LogP contribution in [0.4, 0.5) is 0 Å². The number of hydrogen-bond donors (Lipinski definition) is 1. The smallest absolute Gasteiger partial charge is 0.231 e. The Morgan fingerprint density at radius 2 is 2.20 bits per heavy atom. The Balaban J connectivity index is 1.99. The molecule has 3 rings (SSSR count). The minimum Gasteiger partial charge on any atom is -0.511 e. The zero-order valence-corrected chi connectivity index (χ0v) is 11.4. The lowest BCUT2D eigenvalue weighted by atomic mass is 10.1. The summed E-state index contributed by atoms with van der Waals surface area (Å²) in [5.74, 6) is 1.37. The Kier molecular flexibility index (Phi) is 3.05. The van der Waals surface area contributed by atoms with Gasteiger partial charge in [0.05, 0.1) is 5.69 Å². The minimum absolute atomic E-state index is 0.0286. The van der Waals surface area contributed by atoms with Gasteiger partial charge in [0.2, 0.25) is 6.79 Å². The van der Waals surface area contributed by atoms with Gasteiger partial charge >= 0.3 is 0 Å². The van der Waals surface area contributed by atoms with Crippen molar-refractivity contribution in [2.45, 2.75) is 6.92 Å². The molecule has 0 fully saturated rings. The van der Waals surface area contributed by atoms with E-state index in [0.29, 0.717) is 16.5 Å². The largest absolute Gasteiger partial charge is 0.511 e. The van der Waals surface area contributed by atoms with E-state index in [2.05, 4.69) is 4.98 Å². The van der Waals surface area contributed by atoms with Crippen LogP contribution in [0.25, 0.3) is 16.8 Å². The Morgan fingerprint density at radius 1 is 1.40 bits per heavy atom. The maximum Gasteiger partial charge on any atom is 0.231 e. The molecule has 1 N–H and O–H groups in total. The second-order valence-electron chi connectivity index (χ2n) is 4.18. The van der Waals surface area contributed by atoms with Gasteiger partial charge in [-0.25, -0.2) is 4.98 Å². The number of ether oxygens (including phenoxy) is 2. The van der Waals surface area contributed by atoms with Gasteiger partial charge in [0.25, 0.3) is 0 Å². The highest BCUT2D eigenvalue weighted by Gasteiger charge is 2.16. The summed E-state index contributed by atoms with van der Waals surface area (Å²) in [6.45, 7) is 1.70. The molecular weight excluding hydrogens is 276 g/mol. The number of benzene rings is 1. The minimum atomic E-state index is -0.0286. The molecule has 2 heterocycles. The van der Waals surface area contributed by atoms with Crippen LogP contribution < -0.4 is 9.47 Å². The van der Waals surface area contributed by atoms with Gasteiger partial charge in [0, 0.05) is 10.9 Å². The Bertz CT molecular complexity index is 739. The molecule has 5 nitrogen and oxygen atoms in total. The van der Waals surface area contributed by atoms with E-state index in [0.717, 1.165) is 11.3 Å². The maximum atomic E-state index is 9.46. The highest BCUT2D eigenvalue weighted by Crippen LogP contribution is 2.36. The van der Waals surface area contributed by atoms with E-state index in [1.54, 1.807) is 0 Å². The van der Waals surface area contributed by atoms with Crippen LogP contribution in [-0.4, -0.2) is 16.9 Å². The van der Waals surface area contributed by atoms with E-state index < -0.39 is 0 Å². The molecule has 2 aromatic rings. The van der Waals surface area contributed by atoms with Gasteiger partial charge in [-0.1, -0.05) is 0 Å². The topological polar surface area (TPSA) is 75.4 Å². The van der Waals surface area contributed by atoms with E-state index in [4.69, 9.17) is 14.7 Å². The first-order valence-corrected chi connectivity index (χ1v) is 6.73. The normalized spacial score (nSPS) is 13.8. The van der Waals surface area contributed by atoms with Crippen molar-refractivity contribution in [2.24, 2.45) is 0 Å². The Hall–Kier alpha value is -2.52. The average molecular weight is 286 g/mol. The van der Waals surface area contributed by atoms with Crippen LogP contribution >= 0.6 is 11.3 Å². The molecule has 100 valence electrons. The van der Waals surface area contributed by atoms with Gasteiger partial charge in [0.1, 0.15) is 22.4 Å². The Labute approximate surface area is 119 Å². The molecule has 0 saturated carbocycles. The molecule has 6 heteroatoms. The molecule has 0 unspecified atom stereocenters. The van der Waals surface area contributed by atoms with Crippen LogP contribution in [0.3, 0.4) is 0 Å². The third-order valence-corrected chi connectivity index (χ3v) is 3.72. The van der Waals surface area contributed by atoms with Gasteiger partial charge in [-0.3, -0.25) is 0 Å². The van der Waals surface area contributed by atoms with E-state index in [-0.39, 0.29) is 18.1 Å². The first-order chi connectivity index (χ1) is 9.69. The fourth-order valence-corrected chi connectivity index (χ4v) is 2.73. The SMILES string of the molecule is CC(O)=C(C#N)c1nc(-c2ccc3c(c2)OCO3)cs1. The summed E-state index contributed by atoms with van der Waals surface area (Å²) in [6, 6.07) is 7.52. The van der Waals surface area contributed by atoms with Crippen LogP contribution in [-0.2, 0) is 0 Å². The number of hydrogen-bond acceptors (Lipinski definition) is 6. The summed E-state index contributed by atoms with van der Waals surface area (Å²) in [6.07, 6.45) is 0. The third-order valence-electron chi connectivity index (χ3n) is 2.86. The average Bonchev–Trinajstić information content (AvgIpc) is 3.06. The lowest BCUT2D eigenvalue weighted by Gasteiger charge is -1.99. The van der Waals surface area contributed by atoms with Crippen molar-refractivity contribution in [3.05, 3.63) is 34.3 Å². The number of nitriles is 1. The molecule has 0 spiro atoms. The zero-order chi connectivity index (χ0) is 14.1. The van der Waals surface area contributed by atoms with Crippen molar-refractivity contribution in [2.75, 3.05) is 6.79 Å². The maximum absolute atomic E-state index is 9.46. The number of fused-ring (bicyclic) bond motifs is 1. The van der Waals surface area contributed by atoms with E-state index in [9.17, 15) is 5.11 Å². The fraction of sp³-hybridized carbons (Fsp3) is 0.143. The predicted octanol–water partition coefficient (Wildman–Crippen LogP) is 3.35. The summed E-state index contributed by atoms with van der Waals surface area (Å²) in [5, 5.41) is 20.8. The van der Waals surface area contributed by atoms with Crippen molar-refractivity contribution >= 4 is 16.9 Å². The van der Waals surface area contributed by atoms with Crippen molar-refractivity contribution in [3.63, 3.8) is 0 Å². The highest BCUT2D eigenvalue weighted by molar-refractivity contribution is 7.11. The van der Waals surface area contributed by atoms with E-state index in [1.807, 2.05) is 29.6 Å². The number of thiazole rings is 1. The number of nitrogens with zero attached hydrogens (tertiary/aromatic N) is 2. The molecule has 0 atom stereocenters. The zero-order valence-electron chi connectivity index (χ0n) is 10.6. The van der Waals surface area contributed by atoms with Crippen LogP contribution in [0.2, 0.25) is 0 Å². The third kappa shape index (κ3) is 2.08. The molecule has 1 aromatic heterocycles. The number of aliphatic hydroxyl groups is 1. The molecule has 0 aliphatic carbocycles. The molecule has 1 aliphatic heterocycles. The van der Waals surface area contributed by atoms with Crippen molar-refractivity contribution in [1.82, 2.24) is 4.98 Å².